The third kappa shape index (κ3) is 2.98. The Morgan fingerprint density at radius 2 is 1.61 bits per heavy atom. The molecular weight excluding hydrogens is 216 g/mol. The van der Waals surface area contributed by atoms with Crippen LogP contribution in [-0.4, -0.2) is 0 Å². The SMILES string of the molecule is [2H]/C(=C(/C)C(C=C)c1ccccc1)c1ccccc1. The lowest BCUT2D eigenvalue weighted by Gasteiger charge is -2.14. The fraction of sp³-hybridized carbons (Fsp3) is 0.111. The van der Waals surface area contributed by atoms with Crippen LogP contribution >= 0.6 is 0 Å². The molecule has 0 saturated heterocycles. The minimum Gasteiger partial charge on any atom is -0.102 e. The van der Waals surface area contributed by atoms with Gasteiger partial charge in [-0.1, -0.05) is 78.4 Å². The normalized spacial score (nSPS) is 14.4. The molecule has 0 spiro atoms. The first-order valence-electron chi connectivity index (χ1n) is 6.64. The van der Waals surface area contributed by atoms with Crippen LogP contribution in [0.2, 0.25) is 0 Å². The second-order valence-electron chi connectivity index (χ2n) is 4.30. The van der Waals surface area contributed by atoms with Gasteiger partial charge in [-0.05, 0) is 18.1 Å². The summed E-state index contributed by atoms with van der Waals surface area (Å²) < 4.78 is 8.33. The molecule has 0 N–H and O–H groups in total. The summed E-state index contributed by atoms with van der Waals surface area (Å²) in [6.45, 7) is 5.93. The predicted octanol–water partition coefficient (Wildman–Crippen LogP) is 5.06. The number of benzene rings is 2. The van der Waals surface area contributed by atoms with Gasteiger partial charge in [0.1, 0.15) is 0 Å². The zero-order chi connectivity index (χ0) is 13.7. The van der Waals surface area contributed by atoms with Gasteiger partial charge in [-0.3, -0.25) is 0 Å². The molecule has 0 heterocycles. The monoisotopic (exact) mass is 235 g/mol. The van der Waals surface area contributed by atoms with E-state index in [9.17, 15) is 0 Å². The minimum absolute atomic E-state index is 0.0916. The van der Waals surface area contributed by atoms with Crippen molar-refractivity contribution in [3.63, 3.8) is 0 Å². The maximum absolute atomic E-state index is 8.33. The van der Waals surface area contributed by atoms with Crippen molar-refractivity contribution in [2.75, 3.05) is 0 Å². The molecule has 2 aromatic rings. The van der Waals surface area contributed by atoms with Crippen LogP contribution in [0.3, 0.4) is 0 Å². The van der Waals surface area contributed by atoms with Crippen molar-refractivity contribution in [2.45, 2.75) is 12.8 Å². The van der Waals surface area contributed by atoms with Crippen molar-refractivity contribution in [2.24, 2.45) is 0 Å². The van der Waals surface area contributed by atoms with Crippen molar-refractivity contribution < 1.29 is 1.37 Å². The Bertz CT molecular complexity index is 567. The predicted molar refractivity (Wildman–Crippen MR) is 79.5 cm³/mol. The second-order valence-corrected chi connectivity index (χ2v) is 4.30. The van der Waals surface area contributed by atoms with Crippen molar-refractivity contribution in [3.8, 4) is 0 Å². The van der Waals surface area contributed by atoms with Crippen molar-refractivity contribution in [1.29, 1.82) is 0 Å². The molecule has 90 valence electrons. The highest BCUT2D eigenvalue weighted by atomic mass is 14.1. The van der Waals surface area contributed by atoms with Gasteiger partial charge in [-0.15, -0.1) is 6.58 Å². The van der Waals surface area contributed by atoms with Crippen LogP contribution in [0, 0.1) is 0 Å². The molecule has 1 atom stereocenters. The van der Waals surface area contributed by atoms with Crippen LogP contribution in [0.5, 0.6) is 0 Å². The van der Waals surface area contributed by atoms with E-state index >= 15 is 0 Å². The van der Waals surface area contributed by atoms with Crippen LogP contribution < -0.4 is 0 Å². The van der Waals surface area contributed by atoms with Gasteiger partial charge in [-0.2, -0.15) is 0 Å². The summed E-state index contributed by atoms with van der Waals surface area (Å²) in [5.41, 5.74) is 3.14. The molecular formula is C18H18. The van der Waals surface area contributed by atoms with Crippen LogP contribution in [0.4, 0.5) is 0 Å². The van der Waals surface area contributed by atoms with E-state index in [1.807, 2.05) is 61.5 Å². The summed E-state index contributed by atoms with van der Waals surface area (Å²) >= 11 is 0. The molecule has 0 aliphatic rings. The zero-order valence-corrected chi connectivity index (χ0v) is 10.6. The largest absolute Gasteiger partial charge is 0.102 e. The van der Waals surface area contributed by atoms with Gasteiger partial charge < -0.3 is 0 Å². The molecule has 0 bridgehead atoms. The van der Waals surface area contributed by atoms with E-state index < -0.39 is 0 Å². The molecule has 0 heteroatoms. The van der Waals surface area contributed by atoms with Crippen LogP contribution in [-0.2, 0) is 0 Å². The summed E-state index contributed by atoms with van der Waals surface area (Å²) in [7, 11) is 0. The van der Waals surface area contributed by atoms with E-state index in [0.717, 1.165) is 11.1 Å². The van der Waals surface area contributed by atoms with Gasteiger partial charge in [0.25, 0.3) is 0 Å². The van der Waals surface area contributed by atoms with E-state index in [2.05, 4.69) is 18.7 Å². The highest BCUT2D eigenvalue weighted by Crippen LogP contribution is 2.26. The molecule has 0 fully saturated rings. The third-order valence-electron chi connectivity index (χ3n) is 2.98. The fourth-order valence-electron chi connectivity index (χ4n) is 2.05. The number of rotatable bonds is 4. The summed E-state index contributed by atoms with van der Waals surface area (Å²) in [5.74, 6) is 0.0916. The van der Waals surface area contributed by atoms with Crippen molar-refractivity contribution in [3.05, 3.63) is 90.0 Å². The van der Waals surface area contributed by atoms with Crippen LogP contribution in [0.25, 0.3) is 6.05 Å². The average molecular weight is 235 g/mol. The molecule has 0 radical (unpaired) electrons. The Balaban J connectivity index is 2.41. The van der Waals surface area contributed by atoms with E-state index in [4.69, 9.17) is 1.37 Å². The molecule has 0 amide bonds. The van der Waals surface area contributed by atoms with Crippen LogP contribution in [0.1, 0.15) is 25.3 Å². The highest BCUT2D eigenvalue weighted by molar-refractivity contribution is 5.55. The van der Waals surface area contributed by atoms with Gasteiger partial charge in [0.05, 0.1) is 1.37 Å². The van der Waals surface area contributed by atoms with Gasteiger partial charge in [-0.25, -0.2) is 0 Å². The Morgan fingerprint density at radius 3 is 2.17 bits per heavy atom. The molecule has 0 aromatic heterocycles. The molecule has 1 unspecified atom stereocenters. The number of hydrogen-bond donors (Lipinski definition) is 0. The topological polar surface area (TPSA) is 0 Å². The lowest BCUT2D eigenvalue weighted by Crippen LogP contribution is -1.96. The maximum Gasteiger partial charge on any atom is 0.0629 e. The van der Waals surface area contributed by atoms with Crippen LogP contribution in [0.15, 0.2) is 78.9 Å². The van der Waals surface area contributed by atoms with Crippen molar-refractivity contribution >= 4 is 6.05 Å². The first-order chi connectivity index (χ1) is 9.24. The van der Waals surface area contributed by atoms with E-state index in [-0.39, 0.29) is 5.92 Å². The van der Waals surface area contributed by atoms with Gasteiger partial charge in [0, 0.05) is 5.92 Å². The first-order valence-corrected chi connectivity index (χ1v) is 6.14. The highest BCUT2D eigenvalue weighted by Gasteiger charge is 2.08. The smallest absolute Gasteiger partial charge is 0.0629 e. The minimum atomic E-state index is 0.0916. The first kappa shape index (κ1) is 11.0. The third-order valence-corrected chi connectivity index (χ3v) is 2.98. The Morgan fingerprint density at radius 1 is 1.06 bits per heavy atom. The quantitative estimate of drug-likeness (QED) is 0.650. The molecule has 0 aliphatic heterocycles. The maximum atomic E-state index is 8.33. The zero-order valence-electron chi connectivity index (χ0n) is 11.6. The second kappa shape index (κ2) is 6.02. The molecule has 0 nitrogen and oxygen atoms in total. The molecule has 0 aliphatic carbocycles. The fourth-order valence-corrected chi connectivity index (χ4v) is 2.05. The van der Waals surface area contributed by atoms with E-state index in [1.165, 1.54) is 5.56 Å². The molecule has 2 rings (SSSR count). The molecule has 18 heavy (non-hydrogen) atoms. The Labute approximate surface area is 111 Å². The number of allylic oxidation sites excluding steroid dienone is 2. The number of hydrogen-bond acceptors (Lipinski definition) is 0. The Hall–Kier alpha value is -2.08. The van der Waals surface area contributed by atoms with E-state index in [1.54, 1.807) is 0 Å². The molecule has 2 aromatic carbocycles. The standard InChI is InChI=1S/C18H18/c1-3-18(17-12-8-5-9-13-17)15(2)14-16-10-6-4-7-11-16/h3-14,18H,1H2,2H3/b15-14+/i14D. The lowest BCUT2D eigenvalue weighted by molar-refractivity contribution is 1.00. The van der Waals surface area contributed by atoms with Crippen molar-refractivity contribution in [1.82, 2.24) is 0 Å². The average Bonchev–Trinajstić information content (AvgIpc) is 2.49. The van der Waals surface area contributed by atoms with E-state index in [0.29, 0.717) is 6.05 Å². The summed E-state index contributed by atoms with van der Waals surface area (Å²) in [6, 6.07) is 20.6. The molecule has 0 saturated carbocycles. The summed E-state index contributed by atoms with van der Waals surface area (Å²) in [4.78, 5) is 0. The van der Waals surface area contributed by atoms with Gasteiger partial charge in [0.2, 0.25) is 0 Å². The Kier molecular flexibility index (Phi) is 3.69. The summed E-state index contributed by atoms with van der Waals surface area (Å²) in [6.07, 6.45) is 1.90. The van der Waals surface area contributed by atoms with Gasteiger partial charge in [0.15, 0.2) is 0 Å². The van der Waals surface area contributed by atoms with Gasteiger partial charge >= 0.3 is 0 Å². The lowest BCUT2D eigenvalue weighted by atomic mass is 9.91. The summed E-state index contributed by atoms with van der Waals surface area (Å²) in [5, 5.41) is 0.